The maximum absolute atomic E-state index is 11.3. The van der Waals surface area contributed by atoms with E-state index < -0.39 is 0 Å². The Labute approximate surface area is 83.4 Å². The molecule has 0 saturated heterocycles. The third-order valence-corrected chi connectivity index (χ3v) is 2.64. The minimum absolute atomic E-state index is 0.0596. The minimum Gasteiger partial charge on any atom is -0.293 e. The van der Waals surface area contributed by atoms with Crippen LogP contribution in [0.15, 0.2) is 6.08 Å². The van der Waals surface area contributed by atoms with Crippen LogP contribution in [0.25, 0.3) is 6.08 Å². The molecule has 0 N–H and O–H groups in total. The van der Waals surface area contributed by atoms with Gasteiger partial charge in [0.1, 0.15) is 5.69 Å². The monoisotopic (exact) mass is 190 g/mol. The predicted molar refractivity (Wildman–Crippen MR) is 55.1 cm³/mol. The van der Waals surface area contributed by atoms with E-state index in [-0.39, 0.29) is 5.78 Å². The fourth-order valence-corrected chi connectivity index (χ4v) is 1.92. The van der Waals surface area contributed by atoms with Gasteiger partial charge in [0.2, 0.25) is 0 Å². The molecule has 0 aromatic carbocycles. The van der Waals surface area contributed by atoms with Crippen molar-refractivity contribution in [2.24, 2.45) is 13.0 Å². The first-order chi connectivity index (χ1) is 6.59. The van der Waals surface area contributed by atoms with Crippen molar-refractivity contribution in [1.82, 2.24) is 9.78 Å². The van der Waals surface area contributed by atoms with Crippen molar-refractivity contribution in [1.29, 1.82) is 0 Å². The molecule has 1 aliphatic rings. The first-order valence-corrected chi connectivity index (χ1v) is 4.84. The van der Waals surface area contributed by atoms with E-state index in [2.05, 4.69) is 24.2 Å². The van der Waals surface area contributed by atoms with Crippen molar-refractivity contribution in [3.63, 3.8) is 0 Å². The van der Waals surface area contributed by atoms with Crippen LogP contribution in [-0.4, -0.2) is 15.6 Å². The summed E-state index contributed by atoms with van der Waals surface area (Å²) in [6.07, 6.45) is 5.14. The predicted octanol–water partition coefficient (Wildman–Crippen LogP) is 1.83. The smallest absolute Gasteiger partial charge is 0.180 e. The Morgan fingerprint density at radius 3 is 3.00 bits per heavy atom. The topological polar surface area (TPSA) is 34.9 Å². The van der Waals surface area contributed by atoms with E-state index in [1.54, 1.807) is 11.6 Å². The van der Waals surface area contributed by atoms with Crippen LogP contribution in [0.5, 0.6) is 0 Å². The van der Waals surface area contributed by atoms with Crippen molar-refractivity contribution < 1.29 is 4.79 Å². The molecule has 0 bridgehead atoms. The third kappa shape index (κ3) is 1.29. The molecule has 74 valence electrons. The highest BCUT2D eigenvalue weighted by Gasteiger charge is 2.21. The number of rotatable bonds is 1. The van der Waals surface area contributed by atoms with E-state index in [1.807, 2.05) is 7.05 Å². The van der Waals surface area contributed by atoms with Crippen molar-refractivity contribution >= 4 is 11.9 Å². The third-order valence-electron chi connectivity index (χ3n) is 2.64. The number of hydrogen-bond donors (Lipinski definition) is 0. The highest BCUT2D eigenvalue weighted by atomic mass is 16.1. The zero-order valence-corrected chi connectivity index (χ0v) is 8.74. The molecule has 14 heavy (non-hydrogen) atoms. The normalized spacial score (nSPS) is 19.5. The molecule has 1 aromatic rings. The lowest BCUT2D eigenvalue weighted by Gasteiger charge is -2.12. The van der Waals surface area contributed by atoms with Crippen LogP contribution in [-0.2, 0) is 13.5 Å². The molecule has 3 heteroatoms. The quantitative estimate of drug-likeness (QED) is 0.633. The fourth-order valence-electron chi connectivity index (χ4n) is 1.92. The lowest BCUT2D eigenvalue weighted by atomic mass is 9.93. The lowest BCUT2D eigenvalue weighted by molar-refractivity contribution is 0.101. The molecular formula is C11H14N2O. The van der Waals surface area contributed by atoms with Crippen molar-refractivity contribution in [2.75, 3.05) is 0 Å². The average molecular weight is 190 g/mol. The van der Waals surface area contributed by atoms with E-state index >= 15 is 0 Å². The highest BCUT2D eigenvalue weighted by molar-refractivity contribution is 5.94. The second kappa shape index (κ2) is 3.08. The minimum atomic E-state index is 0.0596. The zero-order valence-electron chi connectivity index (χ0n) is 8.74. The second-order valence-electron chi connectivity index (χ2n) is 3.93. The summed E-state index contributed by atoms with van der Waals surface area (Å²) in [6.45, 7) is 3.72. The maximum Gasteiger partial charge on any atom is 0.180 e. The number of allylic oxidation sites excluding steroid dienone is 1. The van der Waals surface area contributed by atoms with Gasteiger partial charge in [-0.2, -0.15) is 5.10 Å². The molecule has 0 fully saturated rings. The molecular weight excluding hydrogens is 176 g/mol. The maximum atomic E-state index is 11.3. The van der Waals surface area contributed by atoms with Gasteiger partial charge in [-0.15, -0.1) is 0 Å². The van der Waals surface area contributed by atoms with E-state index in [9.17, 15) is 4.79 Å². The molecule has 1 aliphatic carbocycles. The molecule has 2 rings (SSSR count). The first kappa shape index (κ1) is 9.19. The Hall–Kier alpha value is -1.38. The van der Waals surface area contributed by atoms with Crippen LogP contribution in [0.2, 0.25) is 0 Å². The van der Waals surface area contributed by atoms with Crippen LogP contribution in [0, 0.1) is 5.92 Å². The van der Waals surface area contributed by atoms with Crippen LogP contribution in [0.4, 0.5) is 0 Å². The van der Waals surface area contributed by atoms with E-state index in [4.69, 9.17) is 0 Å². The Balaban J connectivity index is 2.58. The van der Waals surface area contributed by atoms with Crippen molar-refractivity contribution in [3.05, 3.63) is 23.0 Å². The highest BCUT2D eigenvalue weighted by Crippen LogP contribution is 2.25. The van der Waals surface area contributed by atoms with Crippen LogP contribution in [0.3, 0.4) is 0 Å². The van der Waals surface area contributed by atoms with E-state index in [0.29, 0.717) is 11.6 Å². The summed E-state index contributed by atoms with van der Waals surface area (Å²) in [4.78, 5) is 11.3. The number of carbonyl (C=O) groups excluding carboxylic acids is 1. The number of carbonyl (C=O) groups is 1. The van der Waals surface area contributed by atoms with Gasteiger partial charge < -0.3 is 0 Å². The number of aromatic nitrogens is 2. The SMILES string of the molecule is CC(=O)c1nn(C)c2c1CC(C)C=C2. The van der Waals surface area contributed by atoms with Gasteiger partial charge in [-0.3, -0.25) is 9.48 Å². The zero-order chi connectivity index (χ0) is 10.3. The van der Waals surface area contributed by atoms with Gasteiger partial charge in [0.15, 0.2) is 5.78 Å². The lowest BCUT2D eigenvalue weighted by Crippen LogP contribution is -2.06. The number of Topliss-reactive ketones (excluding diaryl/α,β-unsaturated/α-hetero) is 1. The van der Waals surface area contributed by atoms with Gasteiger partial charge in [0.05, 0.1) is 5.69 Å². The summed E-state index contributed by atoms with van der Waals surface area (Å²) in [5.41, 5.74) is 2.82. The summed E-state index contributed by atoms with van der Waals surface area (Å²) in [5, 5.41) is 4.24. The van der Waals surface area contributed by atoms with Crippen molar-refractivity contribution in [2.45, 2.75) is 20.3 Å². The molecule has 3 nitrogen and oxygen atoms in total. The number of aryl methyl sites for hydroxylation is 1. The molecule has 1 heterocycles. The van der Waals surface area contributed by atoms with Gasteiger partial charge in [-0.05, 0) is 18.4 Å². The van der Waals surface area contributed by atoms with E-state index in [0.717, 1.165) is 17.7 Å². The molecule has 1 unspecified atom stereocenters. The Bertz CT molecular complexity index is 415. The first-order valence-electron chi connectivity index (χ1n) is 4.84. The van der Waals surface area contributed by atoms with Gasteiger partial charge in [-0.1, -0.05) is 13.0 Å². The Kier molecular flexibility index (Phi) is 2.02. The largest absolute Gasteiger partial charge is 0.293 e. The second-order valence-corrected chi connectivity index (χ2v) is 3.93. The number of fused-ring (bicyclic) bond motifs is 1. The Morgan fingerprint density at radius 2 is 2.36 bits per heavy atom. The van der Waals surface area contributed by atoms with Crippen LogP contribution in [0.1, 0.15) is 35.6 Å². The summed E-state index contributed by atoms with van der Waals surface area (Å²) < 4.78 is 1.79. The van der Waals surface area contributed by atoms with Gasteiger partial charge in [0, 0.05) is 19.5 Å². The summed E-state index contributed by atoms with van der Waals surface area (Å²) >= 11 is 0. The number of nitrogens with zero attached hydrogens (tertiary/aromatic N) is 2. The number of ketones is 1. The fraction of sp³-hybridized carbons (Fsp3) is 0.455. The molecule has 1 aromatic heterocycles. The summed E-state index contributed by atoms with van der Waals surface area (Å²) in [6, 6.07) is 0. The summed E-state index contributed by atoms with van der Waals surface area (Å²) in [7, 11) is 1.88. The van der Waals surface area contributed by atoms with Gasteiger partial charge >= 0.3 is 0 Å². The molecule has 1 atom stereocenters. The summed E-state index contributed by atoms with van der Waals surface area (Å²) in [5.74, 6) is 0.564. The standard InChI is InChI=1S/C11H14N2O/c1-7-4-5-10-9(6-7)11(8(2)14)12-13(10)3/h4-5,7H,6H2,1-3H3. The molecule has 0 aliphatic heterocycles. The average Bonchev–Trinajstić information content (AvgIpc) is 2.43. The molecule has 0 saturated carbocycles. The number of hydrogen-bond acceptors (Lipinski definition) is 2. The molecule has 0 radical (unpaired) electrons. The van der Waals surface area contributed by atoms with Crippen LogP contribution < -0.4 is 0 Å². The van der Waals surface area contributed by atoms with Gasteiger partial charge in [-0.25, -0.2) is 0 Å². The van der Waals surface area contributed by atoms with Crippen molar-refractivity contribution in [3.8, 4) is 0 Å². The van der Waals surface area contributed by atoms with Gasteiger partial charge in [0.25, 0.3) is 0 Å². The molecule has 0 amide bonds. The Morgan fingerprint density at radius 1 is 1.64 bits per heavy atom. The molecule has 0 spiro atoms. The van der Waals surface area contributed by atoms with E-state index in [1.165, 1.54) is 0 Å². The van der Waals surface area contributed by atoms with Crippen LogP contribution >= 0.6 is 0 Å².